The fraction of sp³-hybridized carbons (Fsp3) is 0.250. The zero-order chi connectivity index (χ0) is 17.5. The van der Waals surface area contributed by atoms with E-state index in [0.29, 0.717) is 34.5 Å². The van der Waals surface area contributed by atoms with E-state index in [1.54, 1.807) is 50.6 Å². The predicted molar refractivity (Wildman–Crippen MR) is 93.1 cm³/mol. The topological polar surface area (TPSA) is 55.4 Å². The Hall–Kier alpha value is -2.04. The van der Waals surface area contributed by atoms with E-state index in [1.165, 1.54) is 14.2 Å². The number of para-hydroxylation sites is 2. The van der Waals surface area contributed by atoms with Crippen molar-refractivity contribution in [3.8, 4) is 34.5 Å². The van der Waals surface area contributed by atoms with Crippen LogP contribution in [-0.4, -0.2) is 28.4 Å². The molecule has 0 fully saturated rings. The minimum Gasteiger partial charge on any atom is -0.493 e. The second-order valence-corrected chi connectivity index (χ2v) is 6.00. The molecule has 2 aromatic carbocycles. The van der Waals surface area contributed by atoms with Gasteiger partial charge in [-0.25, -0.2) is 0 Å². The number of ether oxygens (including phenoxy) is 4. The van der Waals surface area contributed by atoms with Crippen LogP contribution in [0.15, 0.2) is 36.4 Å². The molecule has 0 bridgehead atoms. The van der Waals surface area contributed by atoms with E-state index in [2.05, 4.69) is 0 Å². The molecule has 130 valence electrons. The highest BCUT2D eigenvalue weighted by Gasteiger charge is 2.20. The van der Waals surface area contributed by atoms with Crippen molar-refractivity contribution >= 4 is 19.0 Å². The van der Waals surface area contributed by atoms with Gasteiger partial charge < -0.3 is 28.0 Å². The summed E-state index contributed by atoms with van der Waals surface area (Å²) in [5, 5.41) is 0. The molecule has 0 aliphatic rings. The van der Waals surface area contributed by atoms with E-state index in [9.17, 15) is 0 Å². The van der Waals surface area contributed by atoms with E-state index >= 15 is 0 Å². The molecule has 6 nitrogen and oxygen atoms in total. The molecule has 0 saturated carbocycles. The lowest BCUT2D eigenvalue weighted by atomic mass is 10.3. The lowest BCUT2D eigenvalue weighted by molar-refractivity contribution is 0.338. The fourth-order valence-electron chi connectivity index (χ4n) is 2.03. The molecule has 0 saturated heterocycles. The first-order valence-electron chi connectivity index (χ1n) is 6.88. The second kappa shape index (κ2) is 8.71. The molecule has 0 N–H and O–H groups in total. The average molecular weight is 373 g/mol. The monoisotopic (exact) mass is 372 g/mol. The summed E-state index contributed by atoms with van der Waals surface area (Å²) in [6.45, 7) is 0. The Balaban J connectivity index is 2.19. The van der Waals surface area contributed by atoms with Crippen LogP contribution in [0.25, 0.3) is 0 Å². The van der Waals surface area contributed by atoms with Crippen LogP contribution in [0.3, 0.4) is 0 Å². The zero-order valence-corrected chi connectivity index (χ0v) is 15.4. The molecule has 0 aliphatic heterocycles. The van der Waals surface area contributed by atoms with Crippen molar-refractivity contribution in [1.82, 2.24) is 0 Å². The summed E-state index contributed by atoms with van der Waals surface area (Å²) in [6, 6.07) is 10.5. The number of benzene rings is 2. The Labute approximate surface area is 146 Å². The largest absolute Gasteiger partial charge is 0.493 e. The van der Waals surface area contributed by atoms with E-state index in [-0.39, 0.29) is 0 Å². The van der Waals surface area contributed by atoms with Gasteiger partial charge in [0.1, 0.15) is 0 Å². The lowest BCUT2D eigenvalue weighted by Gasteiger charge is -2.18. The zero-order valence-electron chi connectivity index (χ0n) is 13.7. The second-order valence-electron chi connectivity index (χ2n) is 4.38. The summed E-state index contributed by atoms with van der Waals surface area (Å²) in [7, 11) is 4.32. The number of hydrogen-bond acceptors (Lipinski definition) is 6. The van der Waals surface area contributed by atoms with Crippen molar-refractivity contribution < 1.29 is 28.0 Å². The molecule has 0 spiro atoms. The molecule has 2 rings (SSSR count). The lowest BCUT2D eigenvalue weighted by Crippen LogP contribution is -1.98. The van der Waals surface area contributed by atoms with Crippen LogP contribution < -0.4 is 28.0 Å². The molecule has 0 aliphatic carbocycles. The van der Waals surface area contributed by atoms with E-state index in [4.69, 9.17) is 39.2 Å². The van der Waals surface area contributed by atoms with Crippen LogP contribution in [-0.2, 0) is 0 Å². The minimum absolute atomic E-state index is 0.417. The fourth-order valence-corrected chi connectivity index (χ4v) is 3.11. The van der Waals surface area contributed by atoms with Gasteiger partial charge >= 0.3 is 7.73 Å². The normalized spacial score (nSPS) is 10.2. The number of methoxy groups -OCH3 is 4. The molecule has 8 heteroatoms. The molecule has 0 aromatic heterocycles. The predicted octanol–water partition coefficient (Wildman–Crippen LogP) is 4.64. The Morgan fingerprint density at radius 3 is 1.33 bits per heavy atom. The van der Waals surface area contributed by atoms with Crippen LogP contribution in [0, 0.1) is 0 Å². The Bertz CT molecular complexity index is 624. The maximum absolute atomic E-state index is 6.23. The van der Waals surface area contributed by atoms with Gasteiger partial charge in [0.2, 0.25) is 11.5 Å². The number of hydrogen-bond donors (Lipinski definition) is 0. The first kappa shape index (κ1) is 18.3. The standard InChI is InChI=1S/C16H18ClO6P/c1-18-11-7-5-9-13(15(11)20-3)22-24(17)23-14-10-6-8-12(19-2)16(14)21-4/h5-10H,1-4H3. The van der Waals surface area contributed by atoms with Gasteiger partial charge in [0.25, 0.3) is 0 Å². The molecule has 0 heterocycles. The molecule has 24 heavy (non-hydrogen) atoms. The maximum Gasteiger partial charge on any atom is 0.401 e. The Morgan fingerprint density at radius 1 is 0.625 bits per heavy atom. The molecular formula is C16H18ClO6P. The van der Waals surface area contributed by atoms with Gasteiger partial charge in [-0.05, 0) is 35.5 Å². The molecular weight excluding hydrogens is 355 g/mol. The van der Waals surface area contributed by atoms with Crippen molar-refractivity contribution in [3.05, 3.63) is 36.4 Å². The van der Waals surface area contributed by atoms with Crippen LogP contribution in [0.4, 0.5) is 0 Å². The van der Waals surface area contributed by atoms with Gasteiger partial charge in [-0.1, -0.05) is 12.1 Å². The van der Waals surface area contributed by atoms with Crippen molar-refractivity contribution in [2.75, 3.05) is 28.4 Å². The summed E-state index contributed by atoms with van der Waals surface area (Å²) in [6.07, 6.45) is 0. The minimum atomic E-state index is -1.81. The first-order valence-corrected chi connectivity index (χ1v) is 8.96. The average Bonchev–Trinajstić information content (AvgIpc) is 2.60. The first-order chi connectivity index (χ1) is 11.6. The highest BCUT2D eigenvalue weighted by atomic mass is 35.7. The van der Waals surface area contributed by atoms with Crippen molar-refractivity contribution in [2.24, 2.45) is 0 Å². The smallest absolute Gasteiger partial charge is 0.401 e. The summed E-state index contributed by atoms with van der Waals surface area (Å²) in [5.74, 6) is 2.78. The SMILES string of the molecule is COc1cccc(OP(Cl)Oc2cccc(OC)c2OC)c1OC. The Morgan fingerprint density at radius 2 is 1.00 bits per heavy atom. The highest BCUT2D eigenvalue weighted by Crippen LogP contribution is 2.51. The van der Waals surface area contributed by atoms with Crippen LogP contribution in [0.1, 0.15) is 0 Å². The molecule has 0 radical (unpaired) electrons. The van der Waals surface area contributed by atoms with Gasteiger partial charge in [0.05, 0.1) is 28.4 Å². The Kier molecular flexibility index (Phi) is 6.64. The van der Waals surface area contributed by atoms with Crippen molar-refractivity contribution in [1.29, 1.82) is 0 Å². The molecule has 2 aromatic rings. The summed E-state index contributed by atoms with van der Waals surface area (Å²) < 4.78 is 32.4. The third kappa shape index (κ3) is 4.08. The van der Waals surface area contributed by atoms with Gasteiger partial charge in [0, 0.05) is 0 Å². The van der Waals surface area contributed by atoms with Gasteiger partial charge in [-0.15, -0.1) is 0 Å². The third-order valence-corrected chi connectivity index (χ3v) is 4.17. The summed E-state index contributed by atoms with van der Waals surface area (Å²) >= 11 is 6.23. The van der Waals surface area contributed by atoms with E-state index in [0.717, 1.165) is 0 Å². The van der Waals surface area contributed by atoms with Gasteiger partial charge in [-0.2, -0.15) is 0 Å². The van der Waals surface area contributed by atoms with Crippen LogP contribution >= 0.6 is 19.0 Å². The summed E-state index contributed by atoms with van der Waals surface area (Å²) in [4.78, 5) is 0. The van der Waals surface area contributed by atoms with E-state index in [1.807, 2.05) is 0 Å². The molecule has 0 unspecified atom stereocenters. The van der Waals surface area contributed by atoms with Crippen molar-refractivity contribution in [3.63, 3.8) is 0 Å². The number of halogens is 1. The third-order valence-electron chi connectivity index (χ3n) is 3.07. The van der Waals surface area contributed by atoms with E-state index < -0.39 is 7.73 Å². The highest BCUT2D eigenvalue weighted by molar-refractivity contribution is 7.76. The molecule has 0 amide bonds. The van der Waals surface area contributed by atoms with Gasteiger partial charge in [-0.3, -0.25) is 0 Å². The summed E-state index contributed by atoms with van der Waals surface area (Å²) in [5.41, 5.74) is 0. The van der Waals surface area contributed by atoms with Gasteiger partial charge in [0.15, 0.2) is 23.0 Å². The van der Waals surface area contributed by atoms with Crippen LogP contribution in [0.2, 0.25) is 0 Å². The maximum atomic E-state index is 6.23. The quantitative estimate of drug-likeness (QED) is 0.629. The van der Waals surface area contributed by atoms with Crippen LogP contribution in [0.5, 0.6) is 34.5 Å². The van der Waals surface area contributed by atoms with Crippen molar-refractivity contribution in [2.45, 2.75) is 0 Å². The number of rotatable bonds is 8. The molecule has 0 atom stereocenters.